The fourth-order valence-electron chi connectivity index (χ4n) is 1.18. The zero-order valence-corrected chi connectivity index (χ0v) is 8.90. The van der Waals surface area contributed by atoms with Crippen LogP contribution in [0.5, 0.6) is 0 Å². The van der Waals surface area contributed by atoms with Gasteiger partial charge in [0.1, 0.15) is 0 Å². The molecule has 0 unspecified atom stereocenters. The molecule has 0 N–H and O–H groups in total. The van der Waals surface area contributed by atoms with E-state index < -0.39 is 0 Å². The van der Waals surface area contributed by atoms with Crippen molar-refractivity contribution in [3.8, 4) is 0 Å². The summed E-state index contributed by atoms with van der Waals surface area (Å²) in [6, 6.07) is 10.0. The summed E-state index contributed by atoms with van der Waals surface area (Å²) in [6.45, 7) is 0.530. The topological polar surface area (TPSA) is 24.8 Å². The molecule has 0 aliphatic carbocycles. The minimum absolute atomic E-state index is 0.530. The first-order valence-corrected chi connectivity index (χ1v) is 4.53. The maximum absolute atomic E-state index is 5.10. The van der Waals surface area contributed by atoms with Gasteiger partial charge in [-0.1, -0.05) is 30.3 Å². The monoisotopic (exact) mass is 192 g/mol. The first-order chi connectivity index (χ1) is 6.74. The Hall–Kier alpha value is -1.35. The fraction of sp³-hybridized carbons (Fsp3) is 0.364. The second-order valence-corrected chi connectivity index (χ2v) is 3.19. The summed E-state index contributed by atoms with van der Waals surface area (Å²) in [5, 5.41) is 6.14. The number of rotatable bonds is 4. The van der Waals surface area contributed by atoms with E-state index in [-0.39, 0.29) is 0 Å². The quantitative estimate of drug-likeness (QED) is 0.534. The van der Waals surface area contributed by atoms with E-state index in [0.717, 1.165) is 11.3 Å². The third kappa shape index (κ3) is 3.18. The first-order valence-electron chi connectivity index (χ1n) is 4.53. The molecule has 0 radical (unpaired) electrons. The SMILES string of the molecule is COC/C(=N/N(C)C)c1ccccc1. The van der Waals surface area contributed by atoms with E-state index in [1.165, 1.54) is 0 Å². The lowest BCUT2D eigenvalue weighted by atomic mass is 10.1. The molecular weight excluding hydrogens is 176 g/mol. The van der Waals surface area contributed by atoms with Gasteiger partial charge in [-0.05, 0) is 0 Å². The molecule has 0 atom stereocenters. The van der Waals surface area contributed by atoms with Crippen LogP contribution in [0.2, 0.25) is 0 Å². The third-order valence-electron chi connectivity index (χ3n) is 1.71. The van der Waals surface area contributed by atoms with Gasteiger partial charge in [0.15, 0.2) is 0 Å². The van der Waals surface area contributed by atoms with E-state index in [4.69, 9.17) is 4.74 Å². The molecule has 0 aromatic heterocycles. The molecule has 0 fully saturated rings. The number of benzene rings is 1. The molecule has 1 rings (SSSR count). The Morgan fingerprint density at radius 3 is 2.43 bits per heavy atom. The Bertz CT molecular complexity index is 293. The van der Waals surface area contributed by atoms with E-state index in [2.05, 4.69) is 5.10 Å². The van der Waals surface area contributed by atoms with Crippen molar-refractivity contribution in [2.45, 2.75) is 0 Å². The smallest absolute Gasteiger partial charge is 0.0934 e. The summed E-state index contributed by atoms with van der Waals surface area (Å²) in [7, 11) is 5.48. The van der Waals surface area contributed by atoms with Gasteiger partial charge in [-0.15, -0.1) is 0 Å². The van der Waals surface area contributed by atoms with Crippen LogP contribution in [0, 0.1) is 0 Å². The standard InChI is InChI=1S/C11H16N2O/c1-13(2)12-11(9-14-3)10-7-5-4-6-8-10/h4-8H,9H2,1-3H3/b12-11-. The van der Waals surface area contributed by atoms with Gasteiger partial charge in [-0.25, -0.2) is 0 Å². The van der Waals surface area contributed by atoms with E-state index in [0.29, 0.717) is 6.61 Å². The highest BCUT2D eigenvalue weighted by molar-refractivity contribution is 6.01. The van der Waals surface area contributed by atoms with E-state index in [1.807, 2.05) is 44.4 Å². The van der Waals surface area contributed by atoms with E-state index in [9.17, 15) is 0 Å². The summed E-state index contributed by atoms with van der Waals surface area (Å²) < 4.78 is 5.10. The molecule has 0 spiro atoms. The summed E-state index contributed by atoms with van der Waals surface area (Å²) in [5.74, 6) is 0. The van der Waals surface area contributed by atoms with Gasteiger partial charge in [-0.2, -0.15) is 5.10 Å². The number of nitrogens with zero attached hydrogens (tertiary/aromatic N) is 2. The number of methoxy groups -OCH3 is 1. The summed E-state index contributed by atoms with van der Waals surface area (Å²) >= 11 is 0. The van der Waals surface area contributed by atoms with Crippen LogP contribution in [0.4, 0.5) is 0 Å². The van der Waals surface area contributed by atoms with Gasteiger partial charge in [0.05, 0.1) is 12.3 Å². The largest absolute Gasteiger partial charge is 0.378 e. The highest BCUT2D eigenvalue weighted by Crippen LogP contribution is 2.02. The predicted molar refractivity (Wildman–Crippen MR) is 58.5 cm³/mol. The van der Waals surface area contributed by atoms with Crippen molar-refractivity contribution in [3.63, 3.8) is 0 Å². The van der Waals surface area contributed by atoms with Crippen LogP contribution in [0.25, 0.3) is 0 Å². The number of ether oxygens (including phenoxy) is 1. The van der Waals surface area contributed by atoms with Crippen LogP contribution in [0.15, 0.2) is 35.4 Å². The van der Waals surface area contributed by atoms with Crippen LogP contribution < -0.4 is 0 Å². The molecule has 1 aromatic rings. The number of hydrogen-bond acceptors (Lipinski definition) is 3. The average Bonchev–Trinajstić information content (AvgIpc) is 2.18. The molecule has 1 aromatic carbocycles. The van der Waals surface area contributed by atoms with Crippen LogP contribution in [0.1, 0.15) is 5.56 Å². The molecule has 0 saturated carbocycles. The summed E-state index contributed by atoms with van der Waals surface area (Å²) in [5.41, 5.74) is 2.04. The highest BCUT2D eigenvalue weighted by atomic mass is 16.5. The molecule has 0 heterocycles. The molecule has 0 amide bonds. The Morgan fingerprint density at radius 1 is 1.29 bits per heavy atom. The highest BCUT2D eigenvalue weighted by Gasteiger charge is 2.02. The van der Waals surface area contributed by atoms with Crippen molar-refractivity contribution in [1.29, 1.82) is 0 Å². The Morgan fingerprint density at radius 2 is 1.93 bits per heavy atom. The van der Waals surface area contributed by atoms with E-state index in [1.54, 1.807) is 12.1 Å². The lowest BCUT2D eigenvalue weighted by Gasteiger charge is -2.10. The molecule has 0 aliphatic heterocycles. The van der Waals surface area contributed by atoms with Gasteiger partial charge in [0, 0.05) is 26.8 Å². The zero-order valence-electron chi connectivity index (χ0n) is 8.90. The Kier molecular flexibility index (Phi) is 4.13. The molecule has 3 nitrogen and oxygen atoms in total. The Balaban J connectivity index is 2.89. The summed E-state index contributed by atoms with van der Waals surface area (Å²) in [6.07, 6.45) is 0. The van der Waals surface area contributed by atoms with Crippen molar-refractivity contribution in [1.82, 2.24) is 5.01 Å². The first kappa shape index (κ1) is 10.7. The van der Waals surface area contributed by atoms with Crippen molar-refractivity contribution < 1.29 is 4.74 Å². The molecular formula is C11H16N2O. The third-order valence-corrected chi connectivity index (χ3v) is 1.71. The maximum Gasteiger partial charge on any atom is 0.0934 e. The molecule has 0 bridgehead atoms. The van der Waals surface area contributed by atoms with Gasteiger partial charge >= 0.3 is 0 Å². The molecule has 0 aliphatic rings. The second kappa shape index (κ2) is 5.40. The number of hydrazone groups is 1. The van der Waals surface area contributed by atoms with Crippen LogP contribution in [-0.4, -0.2) is 38.5 Å². The lowest BCUT2D eigenvalue weighted by Crippen LogP contribution is -2.14. The van der Waals surface area contributed by atoms with Gasteiger partial charge in [-0.3, -0.25) is 0 Å². The molecule has 76 valence electrons. The van der Waals surface area contributed by atoms with Crippen molar-refractivity contribution in [2.24, 2.45) is 5.10 Å². The molecule has 0 saturated heterocycles. The van der Waals surface area contributed by atoms with Crippen LogP contribution in [-0.2, 0) is 4.74 Å². The zero-order chi connectivity index (χ0) is 10.4. The molecule has 14 heavy (non-hydrogen) atoms. The maximum atomic E-state index is 5.10. The van der Waals surface area contributed by atoms with Gasteiger partial charge in [0.25, 0.3) is 0 Å². The summed E-state index contributed by atoms with van der Waals surface area (Å²) in [4.78, 5) is 0. The van der Waals surface area contributed by atoms with Crippen molar-refractivity contribution >= 4 is 5.71 Å². The molecule has 3 heteroatoms. The van der Waals surface area contributed by atoms with E-state index >= 15 is 0 Å². The van der Waals surface area contributed by atoms with Gasteiger partial charge < -0.3 is 9.75 Å². The predicted octanol–water partition coefficient (Wildman–Crippen LogP) is 1.60. The average molecular weight is 192 g/mol. The van der Waals surface area contributed by atoms with Crippen LogP contribution in [0.3, 0.4) is 0 Å². The Labute approximate surface area is 85.0 Å². The van der Waals surface area contributed by atoms with Crippen molar-refractivity contribution in [3.05, 3.63) is 35.9 Å². The minimum Gasteiger partial charge on any atom is -0.378 e. The normalized spacial score (nSPS) is 11.5. The van der Waals surface area contributed by atoms with Crippen LogP contribution >= 0.6 is 0 Å². The van der Waals surface area contributed by atoms with Crippen molar-refractivity contribution in [2.75, 3.05) is 27.8 Å². The minimum atomic E-state index is 0.530. The second-order valence-electron chi connectivity index (χ2n) is 3.19. The van der Waals surface area contributed by atoms with Gasteiger partial charge in [0.2, 0.25) is 0 Å². The number of hydrogen-bond donors (Lipinski definition) is 0. The lowest BCUT2D eigenvalue weighted by molar-refractivity contribution is 0.243. The fourth-order valence-corrected chi connectivity index (χ4v) is 1.18.